The molecule has 1 aliphatic rings. The lowest BCUT2D eigenvalue weighted by atomic mass is 10.1. The zero-order chi connectivity index (χ0) is 20.5. The fraction of sp³-hybridized carbons (Fsp3) is 0.105. The Bertz CT molecular complexity index is 1110. The van der Waals surface area contributed by atoms with Gasteiger partial charge in [-0.2, -0.15) is 0 Å². The lowest BCUT2D eigenvalue weighted by molar-refractivity contribution is 0.0655. The van der Waals surface area contributed by atoms with E-state index in [1.54, 1.807) is 30.3 Å². The number of fused-ring (bicyclic) bond motifs is 1. The fourth-order valence-electron chi connectivity index (χ4n) is 2.89. The summed E-state index contributed by atoms with van der Waals surface area (Å²) in [5, 5.41) is 12.1. The van der Waals surface area contributed by atoms with Crippen molar-refractivity contribution in [3.8, 4) is 0 Å². The van der Waals surface area contributed by atoms with Gasteiger partial charge in [0.15, 0.2) is 0 Å². The second-order valence-electron chi connectivity index (χ2n) is 6.14. The van der Waals surface area contributed by atoms with Crippen molar-refractivity contribution in [1.82, 2.24) is 15.1 Å². The zero-order valence-electron chi connectivity index (χ0n) is 14.7. The molecule has 0 bridgehead atoms. The van der Waals surface area contributed by atoms with E-state index >= 15 is 0 Å². The quantitative estimate of drug-likeness (QED) is 0.599. The van der Waals surface area contributed by atoms with Gasteiger partial charge in [-0.25, -0.2) is 0 Å². The largest absolute Gasteiger partial charge is 0.296 e. The molecule has 4 rings (SSSR count). The molecule has 2 heterocycles. The van der Waals surface area contributed by atoms with E-state index in [0.717, 1.165) is 11.3 Å². The number of aromatic nitrogens is 2. The van der Waals surface area contributed by atoms with E-state index in [0.29, 0.717) is 27.6 Å². The summed E-state index contributed by atoms with van der Waals surface area (Å²) in [5.41, 5.74) is 1.03. The minimum absolute atomic E-state index is 0.176. The SMILES string of the molecule is O=C(Nc1nnc(CCN2C(=O)c3ccccc3C2=O)s1)c1cc(Cl)ccc1Cl. The smallest absolute Gasteiger partial charge is 0.261 e. The number of imide groups is 1. The van der Waals surface area contributed by atoms with Crippen molar-refractivity contribution in [3.63, 3.8) is 0 Å². The van der Waals surface area contributed by atoms with Crippen molar-refractivity contribution in [2.45, 2.75) is 6.42 Å². The number of hydrogen-bond donors (Lipinski definition) is 1. The van der Waals surface area contributed by atoms with Crippen molar-refractivity contribution in [2.24, 2.45) is 0 Å². The van der Waals surface area contributed by atoms with Gasteiger partial charge in [-0.05, 0) is 30.3 Å². The molecule has 3 amide bonds. The van der Waals surface area contributed by atoms with Crippen LogP contribution in [0.3, 0.4) is 0 Å². The topological polar surface area (TPSA) is 92.3 Å². The number of carbonyl (C=O) groups is 3. The first-order chi connectivity index (χ1) is 13.9. The van der Waals surface area contributed by atoms with Crippen LogP contribution in [0.15, 0.2) is 42.5 Å². The summed E-state index contributed by atoms with van der Waals surface area (Å²) in [6, 6.07) is 11.3. The molecule has 2 aromatic carbocycles. The second-order valence-corrected chi connectivity index (χ2v) is 8.04. The van der Waals surface area contributed by atoms with Crippen LogP contribution < -0.4 is 5.32 Å². The normalized spacial score (nSPS) is 13.0. The number of amides is 3. The van der Waals surface area contributed by atoms with E-state index in [9.17, 15) is 14.4 Å². The third kappa shape index (κ3) is 3.87. The molecule has 0 atom stereocenters. The molecule has 0 spiro atoms. The van der Waals surface area contributed by atoms with Gasteiger partial charge in [-0.3, -0.25) is 24.6 Å². The Morgan fingerprint density at radius 1 is 1.03 bits per heavy atom. The number of nitrogens with zero attached hydrogens (tertiary/aromatic N) is 3. The summed E-state index contributed by atoms with van der Waals surface area (Å²) >= 11 is 13.1. The van der Waals surface area contributed by atoms with Crippen LogP contribution in [0.25, 0.3) is 0 Å². The molecule has 0 unspecified atom stereocenters. The highest BCUT2D eigenvalue weighted by Gasteiger charge is 2.34. The number of rotatable bonds is 5. The fourth-order valence-corrected chi connectivity index (χ4v) is 3.99. The van der Waals surface area contributed by atoms with Crippen LogP contribution >= 0.6 is 34.5 Å². The van der Waals surface area contributed by atoms with Crippen LogP contribution in [0, 0.1) is 0 Å². The van der Waals surface area contributed by atoms with E-state index in [2.05, 4.69) is 15.5 Å². The Hall–Kier alpha value is -2.81. The third-order valence-electron chi connectivity index (χ3n) is 4.29. The second kappa shape index (κ2) is 7.90. The molecule has 1 aromatic heterocycles. The molecule has 1 N–H and O–H groups in total. The van der Waals surface area contributed by atoms with E-state index in [4.69, 9.17) is 23.2 Å². The molecule has 1 aliphatic heterocycles. The lowest BCUT2D eigenvalue weighted by Gasteiger charge is -2.12. The van der Waals surface area contributed by atoms with Crippen LogP contribution in [0.5, 0.6) is 0 Å². The highest BCUT2D eigenvalue weighted by atomic mass is 35.5. The number of carbonyl (C=O) groups excluding carboxylic acids is 3. The van der Waals surface area contributed by atoms with Gasteiger partial charge in [-0.1, -0.05) is 46.7 Å². The zero-order valence-corrected chi connectivity index (χ0v) is 17.0. The van der Waals surface area contributed by atoms with Crippen molar-refractivity contribution in [1.29, 1.82) is 0 Å². The summed E-state index contributed by atoms with van der Waals surface area (Å²) in [6.07, 6.45) is 0.330. The maximum Gasteiger partial charge on any atom is 0.261 e. The number of hydrogen-bond acceptors (Lipinski definition) is 6. The predicted octanol–water partition coefficient (Wildman–Crippen LogP) is 3.94. The van der Waals surface area contributed by atoms with Gasteiger partial charge in [0, 0.05) is 18.0 Å². The van der Waals surface area contributed by atoms with Gasteiger partial charge in [0.2, 0.25) is 5.13 Å². The van der Waals surface area contributed by atoms with E-state index in [1.807, 2.05) is 0 Å². The molecule has 7 nitrogen and oxygen atoms in total. The van der Waals surface area contributed by atoms with Crippen LogP contribution in [-0.4, -0.2) is 39.4 Å². The summed E-state index contributed by atoms with van der Waals surface area (Å²) in [5.74, 6) is -1.10. The molecular weight excluding hydrogens is 435 g/mol. The third-order valence-corrected chi connectivity index (χ3v) is 5.75. The van der Waals surface area contributed by atoms with Gasteiger partial charge in [-0.15, -0.1) is 10.2 Å². The lowest BCUT2D eigenvalue weighted by Crippen LogP contribution is -2.31. The van der Waals surface area contributed by atoms with Gasteiger partial charge in [0.1, 0.15) is 5.01 Å². The van der Waals surface area contributed by atoms with Crippen LogP contribution in [-0.2, 0) is 6.42 Å². The van der Waals surface area contributed by atoms with E-state index < -0.39 is 5.91 Å². The van der Waals surface area contributed by atoms with Crippen molar-refractivity contribution in [3.05, 3.63) is 74.2 Å². The van der Waals surface area contributed by atoms with Gasteiger partial charge < -0.3 is 0 Å². The standard InChI is InChI=1S/C19H12Cl2N4O3S/c20-10-5-6-14(21)13(9-10)16(26)22-19-24-23-15(29-19)7-8-25-17(27)11-3-1-2-4-12(11)18(25)28/h1-6,9H,7-8H2,(H,22,24,26). The maximum atomic E-state index is 12.4. The van der Waals surface area contributed by atoms with Crippen molar-refractivity contribution < 1.29 is 14.4 Å². The molecule has 0 saturated heterocycles. The minimum Gasteiger partial charge on any atom is -0.296 e. The Balaban J connectivity index is 1.40. The molecular formula is C19H12Cl2N4O3S. The number of halogens is 2. The first-order valence-electron chi connectivity index (χ1n) is 8.48. The highest BCUT2D eigenvalue weighted by Crippen LogP contribution is 2.25. The Morgan fingerprint density at radius 2 is 1.72 bits per heavy atom. The van der Waals surface area contributed by atoms with Crippen molar-refractivity contribution in [2.75, 3.05) is 11.9 Å². The molecule has 3 aromatic rings. The van der Waals surface area contributed by atoms with Crippen molar-refractivity contribution >= 4 is 57.4 Å². The predicted molar refractivity (Wildman–Crippen MR) is 110 cm³/mol. The number of nitrogens with one attached hydrogen (secondary N) is 1. The van der Waals surface area contributed by atoms with Crippen LogP contribution in [0.2, 0.25) is 10.0 Å². The maximum absolute atomic E-state index is 12.4. The molecule has 29 heavy (non-hydrogen) atoms. The molecule has 0 radical (unpaired) electrons. The first kappa shape index (κ1) is 19.5. The van der Waals surface area contributed by atoms with Crippen LogP contribution in [0.1, 0.15) is 36.1 Å². The summed E-state index contributed by atoms with van der Waals surface area (Å²) < 4.78 is 0. The van der Waals surface area contributed by atoms with E-state index in [1.165, 1.54) is 17.0 Å². The monoisotopic (exact) mass is 446 g/mol. The Labute approximate surface area is 179 Å². The van der Waals surface area contributed by atoms with E-state index in [-0.39, 0.29) is 34.1 Å². The number of benzene rings is 2. The van der Waals surface area contributed by atoms with Gasteiger partial charge >= 0.3 is 0 Å². The molecule has 0 fully saturated rings. The first-order valence-corrected chi connectivity index (χ1v) is 10.1. The highest BCUT2D eigenvalue weighted by molar-refractivity contribution is 7.15. The van der Waals surface area contributed by atoms with Gasteiger partial charge in [0.05, 0.1) is 21.7 Å². The minimum atomic E-state index is -0.458. The van der Waals surface area contributed by atoms with Gasteiger partial charge in [0.25, 0.3) is 17.7 Å². The summed E-state index contributed by atoms with van der Waals surface area (Å²) in [6.45, 7) is 0.176. The molecule has 0 aliphatic carbocycles. The Morgan fingerprint density at radius 3 is 2.41 bits per heavy atom. The number of anilines is 1. The van der Waals surface area contributed by atoms with Crippen LogP contribution in [0.4, 0.5) is 5.13 Å². The molecule has 0 saturated carbocycles. The molecule has 146 valence electrons. The average Bonchev–Trinajstić information content (AvgIpc) is 3.25. The summed E-state index contributed by atoms with van der Waals surface area (Å²) in [7, 11) is 0. The summed E-state index contributed by atoms with van der Waals surface area (Å²) in [4.78, 5) is 38.3. The Kier molecular flexibility index (Phi) is 5.31. The molecule has 10 heteroatoms. The average molecular weight is 447 g/mol.